The first-order valence-electron chi connectivity index (χ1n) is 7.65. The first-order valence-corrected chi connectivity index (χ1v) is 7.65. The normalized spacial score (nSPS) is 12.9. The maximum absolute atomic E-state index is 3.69. The molecule has 2 heteroatoms. The summed E-state index contributed by atoms with van der Waals surface area (Å²) in [4.78, 5) is 2.49. The summed E-state index contributed by atoms with van der Waals surface area (Å²) < 4.78 is 0. The largest absolute Gasteiger partial charge is 0.309 e. The molecular formula is C17H30N2. The lowest BCUT2D eigenvalue weighted by atomic mass is 10.0. The van der Waals surface area contributed by atoms with Gasteiger partial charge < -0.3 is 10.2 Å². The SMILES string of the molecule is CCCNC(CN(CC)CC)c1ccc(C)c(C)c1. The highest BCUT2D eigenvalue weighted by atomic mass is 15.1. The monoisotopic (exact) mass is 262 g/mol. The topological polar surface area (TPSA) is 15.3 Å². The van der Waals surface area contributed by atoms with Gasteiger partial charge in [0, 0.05) is 12.6 Å². The molecule has 0 amide bonds. The van der Waals surface area contributed by atoms with E-state index in [0.717, 1.165) is 26.2 Å². The Hall–Kier alpha value is -0.860. The molecule has 0 aliphatic heterocycles. The van der Waals surface area contributed by atoms with E-state index in [9.17, 15) is 0 Å². The minimum Gasteiger partial charge on any atom is -0.309 e. The van der Waals surface area contributed by atoms with E-state index in [4.69, 9.17) is 0 Å². The van der Waals surface area contributed by atoms with Crippen LogP contribution in [0.25, 0.3) is 0 Å². The number of likely N-dealkylation sites (N-methyl/N-ethyl adjacent to an activating group) is 1. The molecule has 1 atom stereocenters. The molecule has 1 rings (SSSR count). The smallest absolute Gasteiger partial charge is 0.0449 e. The Bertz CT molecular complexity index is 370. The van der Waals surface area contributed by atoms with Crippen LogP contribution in [-0.2, 0) is 0 Å². The Balaban J connectivity index is 2.85. The van der Waals surface area contributed by atoms with Crippen LogP contribution in [0.1, 0.15) is 49.9 Å². The van der Waals surface area contributed by atoms with Crippen LogP contribution in [0.3, 0.4) is 0 Å². The third-order valence-electron chi connectivity index (χ3n) is 3.91. The molecule has 0 fully saturated rings. The fraction of sp³-hybridized carbons (Fsp3) is 0.647. The van der Waals surface area contributed by atoms with Crippen LogP contribution in [0.5, 0.6) is 0 Å². The summed E-state index contributed by atoms with van der Waals surface area (Å²) >= 11 is 0. The second-order valence-corrected chi connectivity index (χ2v) is 5.34. The first-order chi connectivity index (χ1) is 9.12. The van der Waals surface area contributed by atoms with E-state index >= 15 is 0 Å². The van der Waals surface area contributed by atoms with Crippen molar-refractivity contribution in [2.45, 2.75) is 47.1 Å². The quantitative estimate of drug-likeness (QED) is 0.768. The Morgan fingerprint density at radius 2 is 1.74 bits per heavy atom. The van der Waals surface area contributed by atoms with Crippen molar-refractivity contribution in [3.8, 4) is 0 Å². The van der Waals surface area contributed by atoms with Crippen LogP contribution in [0.15, 0.2) is 18.2 Å². The fourth-order valence-electron chi connectivity index (χ4n) is 2.33. The molecule has 0 spiro atoms. The highest BCUT2D eigenvalue weighted by Crippen LogP contribution is 2.18. The molecule has 1 N–H and O–H groups in total. The van der Waals surface area contributed by atoms with Gasteiger partial charge in [-0.2, -0.15) is 0 Å². The summed E-state index contributed by atoms with van der Waals surface area (Å²) in [6, 6.07) is 7.30. The summed E-state index contributed by atoms with van der Waals surface area (Å²) in [6.07, 6.45) is 1.18. The molecular weight excluding hydrogens is 232 g/mol. The van der Waals surface area contributed by atoms with Crippen molar-refractivity contribution in [2.75, 3.05) is 26.2 Å². The Morgan fingerprint density at radius 1 is 1.05 bits per heavy atom. The van der Waals surface area contributed by atoms with E-state index in [1.807, 2.05) is 0 Å². The van der Waals surface area contributed by atoms with Crippen molar-refractivity contribution in [1.82, 2.24) is 10.2 Å². The van der Waals surface area contributed by atoms with E-state index < -0.39 is 0 Å². The zero-order valence-corrected chi connectivity index (χ0v) is 13.3. The molecule has 0 saturated heterocycles. The molecule has 0 aliphatic rings. The highest BCUT2D eigenvalue weighted by molar-refractivity contribution is 5.31. The molecule has 1 unspecified atom stereocenters. The van der Waals surface area contributed by atoms with Crippen LogP contribution in [-0.4, -0.2) is 31.1 Å². The van der Waals surface area contributed by atoms with Crippen LogP contribution in [0, 0.1) is 13.8 Å². The number of aryl methyl sites for hydroxylation is 2. The number of nitrogens with zero attached hydrogens (tertiary/aromatic N) is 1. The van der Waals surface area contributed by atoms with Gasteiger partial charge >= 0.3 is 0 Å². The van der Waals surface area contributed by atoms with Crippen molar-refractivity contribution >= 4 is 0 Å². The van der Waals surface area contributed by atoms with Crippen LogP contribution in [0.4, 0.5) is 0 Å². The lowest BCUT2D eigenvalue weighted by molar-refractivity contribution is 0.265. The van der Waals surface area contributed by atoms with Gasteiger partial charge in [0.05, 0.1) is 0 Å². The second kappa shape index (κ2) is 8.34. The van der Waals surface area contributed by atoms with Crippen molar-refractivity contribution in [1.29, 1.82) is 0 Å². The zero-order chi connectivity index (χ0) is 14.3. The molecule has 108 valence electrons. The molecule has 0 bridgehead atoms. The molecule has 0 heterocycles. The van der Waals surface area contributed by atoms with E-state index in [1.165, 1.54) is 23.1 Å². The summed E-state index contributed by atoms with van der Waals surface area (Å²) in [5.74, 6) is 0. The van der Waals surface area contributed by atoms with Crippen molar-refractivity contribution in [3.05, 3.63) is 34.9 Å². The predicted molar refractivity (Wildman–Crippen MR) is 84.7 cm³/mol. The minimum atomic E-state index is 0.444. The second-order valence-electron chi connectivity index (χ2n) is 5.34. The third kappa shape index (κ3) is 4.96. The van der Waals surface area contributed by atoms with Crippen LogP contribution >= 0.6 is 0 Å². The molecule has 1 aromatic rings. The molecule has 0 aliphatic carbocycles. The fourth-order valence-corrected chi connectivity index (χ4v) is 2.33. The van der Waals surface area contributed by atoms with Gasteiger partial charge in [-0.1, -0.05) is 39.0 Å². The summed E-state index contributed by atoms with van der Waals surface area (Å²) in [5.41, 5.74) is 4.18. The van der Waals surface area contributed by atoms with E-state index in [-0.39, 0.29) is 0 Å². The van der Waals surface area contributed by atoms with Crippen molar-refractivity contribution < 1.29 is 0 Å². The van der Waals surface area contributed by atoms with Gasteiger partial charge in [-0.3, -0.25) is 0 Å². The van der Waals surface area contributed by atoms with Crippen molar-refractivity contribution in [2.24, 2.45) is 0 Å². The Morgan fingerprint density at radius 3 is 2.26 bits per heavy atom. The average Bonchev–Trinajstić information content (AvgIpc) is 2.42. The number of nitrogens with one attached hydrogen (secondary N) is 1. The van der Waals surface area contributed by atoms with Gasteiger partial charge in [-0.15, -0.1) is 0 Å². The third-order valence-corrected chi connectivity index (χ3v) is 3.91. The minimum absolute atomic E-state index is 0.444. The standard InChI is InChI=1S/C17H30N2/c1-6-11-18-17(13-19(7-2)8-3)16-10-9-14(4)15(5)12-16/h9-10,12,17-18H,6-8,11,13H2,1-5H3. The maximum atomic E-state index is 3.69. The Labute approximate surface area is 119 Å². The van der Waals surface area contributed by atoms with Gasteiger partial charge in [0.1, 0.15) is 0 Å². The molecule has 1 aromatic carbocycles. The predicted octanol–water partition coefficient (Wildman–Crippen LogP) is 3.69. The average molecular weight is 262 g/mol. The number of hydrogen-bond acceptors (Lipinski definition) is 2. The van der Waals surface area contributed by atoms with Crippen LogP contribution < -0.4 is 5.32 Å². The summed E-state index contributed by atoms with van der Waals surface area (Å²) in [6.45, 7) is 15.5. The maximum Gasteiger partial charge on any atom is 0.0449 e. The van der Waals surface area contributed by atoms with Crippen LogP contribution in [0.2, 0.25) is 0 Å². The molecule has 0 saturated carbocycles. The van der Waals surface area contributed by atoms with Gasteiger partial charge in [-0.25, -0.2) is 0 Å². The van der Waals surface area contributed by atoms with Gasteiger partial charge in [0.25, 0.3) is 0 Å². The molecule has 0 radical (unpaired) electrons. The van der Waals surface area contributed by atoms with E-state index in [1.54, 1.807) is 0 Å². The van der Waals surface area contributed by atoms with Gasteiger partial charge in [0.15, 0.2) is 0 Å². The van der Waals surface area contributed by atoms with E-state index in [2.05, 4.69) is 63.0 Å². The summed E-state index contributed by atoms with van der Waals surface area (Å²) in [7, 11) is 0. The van der Waals surface area contributed by atoms with E-state index in [0.29, 0.717) is 6.04 Å². The lowest BCUT2D eigenvalue weighted by Gasteiger charge is -2.27. The molecule has 2 nitrogen and oxygen atoms in total. The highest BCUT2D eigenvalue weighted by Gasteiger charge is 2.14. The van der Waals surface area contributed by atoms with Gasteiger partial charge in [0.2, 0.25) is 0 Å². The zero-order valence-electron chi connectivity index (χ0n) is 13.3. The number of rotatable bonds is 8. The van der Waals surface area contributed by atoms with Crippen molar-refractivity contribution in [3.63, 3.8) is 0 Å². The lowest BCUT2D eigenvalue weighted by Crippen LogP contribution is -2.35. The number of benzene rings is 1. The van der Waals surface area contributed by atoms with Gasteiger partial charge in [-0.05, 0) is 56.6 Å². The summed E-state index contributed by atoms with van der Waals surface area (Å²) in [5, 5.41) is 3.69. The molecule has 19 heavy (non-hydrogen) atoms. The first kappa shape index (κ1) is 16.2. The Kier molecular flexibility index (Phi) is 7.11. The molecule has 0 aromatic heterocycles. The number of hydrogen-bond donors (Lipinski definition) is 1.